The molecule has 0 spiro atoms. The van der Waals surface area contributed by atoms with E-state index in [1.54, 1.807) is 32.0 Å². The van der Waals surface area contributed by atoms with Crippen molar-refractivity contribution in [1.29, 1.82) is 5.26 Å². The Hall–Kier alpha value is -3.04. The molecule has 6 nitrogen and oxygen atoms in total. The Kier molecular flexibility index (Phi) is 4.83. The number of carbonyl (C=O) groups excluding carboxylic acids is 1. The van der Waals surface area contributed by atoms with Crippen molar-refractivity contribution in [2.45, 2.75) is 38.1 Å². The molecule has 6 heteroatoms. The van der Waals surface area contributed by atoms with Crippen LogP contribution in [-0.4, -0.2) is 22.8 Å². The number of nitriles is 1. The summed E-state index contributed by atoms with van der Waals surface area (Å²) in [5.74, 6) is 0.549. The summed E-state index contributed by atoms with van der Waals surface area (Å²) >= 11 is 0. The largest absolute Gasteiger partial charge is 0.485 e. The molecule has 2 atom stereocenters. The fraction of sp³-hybridized carbons (Fsp3) is 0.300. The van der Waals surface area contributed by atoms with E-state index in [9.17, 15) is 9.90 Å². The fourth-order valence-corrected chi connectivity index (χ4v) is 3.00. The molecule has 3 rings (SSSR count). The summed E-state index contributed by atoms with van der Waals surface area (Å²) in [6, 6.07) is 15.5. The quantitative estimate of drug-likeness (QED) is 0.792. The molecule has 1 aliphatic rings. The van der Waals surface area contributed by atoms with Crippen molar-refractivity contribution in [1.82, 2.24) is 10.6 Å². The fourth-order valence-electron chi connectivity index (χ4n) is 3.00. The van der Waals surface area contributed by atoms with Crippen molar-refractivity contribution < 1.29 is 14.6 Å². The Morgan fingerprint density at radius 3 is 2.69 bits per heavy atom. The number of aliphatic hydroxyl groups is 1. The van der Waals surface area contributed by atoms with Crippen molar-refractivity contribution in [3.05, 3.63) is 65.2 Å². The van der Waals surface area contributed by atoms with Crippen molar-refractivity contribution in [3.8, 4) is 11.8 Å². The molecule has 0 aromatic heterocycles. The number of nitrogens with one attached hydrogen (secondary N) is 2. The van der Waals surface area contributed by atoms with Crippen LogP contribution in [0.3, 0.4) is 0 Å². The van der Waals surface area contributed by atoms with E-state index >= 15 is 0 Å². The lowest BCUT2D eigenvalue weighted by Gasteiger charge is -2.42. The number of aliphatic hydroxyl groups excluding tert-OH is 1. The lowest BCUT2D eigenvalue weighted by Crippen LogP contribution is -2.54. The molecule has 2 aromatic rings. The maximum atomic E-state index is 12.4. The molecule has 0 fully saturated rings. The van der Waals surface area contributed by atoms with E-state index in [0.717, 1.165) is 5.56 Å². The van der Waals surface area contributed by atoms with Gasteiger partial charge in [0.05, 0.1) is 17.7 Å². The number of benzene rings is 2. The van der Waals surface area contributed by atoms with E-state index in [4.69, 9.17) is 10.00 Å². The number of rotatable bonds is 3. The molecule has 0 saturated heterocycles. The molecule has 0 saturated carbocycles. The number of urea groups is 1. The van der Waals surface area contributed by atoms with Crippen LogP contribution >= 0.6 is 0 Å². The highest BCUT2D eigenvalue weighted by molar-refractivity contribution is 5.75. The summed E-state index contributed by atoms with van der Waals surface area (Å²) in [6.45, 7) is 3.89. The Bertz CT molecular complexity index is 843. The zero-order chi connectivity index (χ0) is 18.7. The van der Waals surface area contributed by atoms with Gasteiger partial charge in [0, 0.05) is 12.1 Å². The van der Waals surface area contributed by atoms with E-state index in [2.05, 4.69) is 16.7 Å². The van der Waals surface area contributed by atoms with Gasteiger partial charge in [-0.25, -0.2) is 4.79 Å². The number of carbonyl (C=O) groups is 1. The van der Waals surface area contributed by atoms with Crippen LogP contribution in [0.5, 0.6) is 5.75 Å². The molecule has 2 aromatic carbocycles. The van der Waals surface area contributed by atoms with Crippen LogP contribution in [0.15, 0.2) is 48.5 Å². The minimum atomic E-state index is -0.966. The normalized spacial score (nSPS) is 20.2. The van der Waals surface area contributed by atoms with E-state index in [-0.39, 0.29) is 0 Å². The SMILES string of the molecule is CC1(C)Oc2ccc(C#N)cc2[C@@H](NC(=O)NCc2ccccc2)[C@@H]1O. The molecule has 2 amide bonds. The molecule has 0 unspecified atom stereocenters. The van der Waals surface area contributed by atoms with Crippen LogP contribution in [0.1, 0.15) is 36.6 Å². The van der Waals surface area contributed by atoms with Crippen molar-refractivity contribution >= 4 is 6.03 Å². The van der Waals surface area contributed by atoms with Gasteiger partial charge in [-0.05, 0) is 37.6 Å². The highest BCUT2D eigenvalue weighted by Gasteiger charge is 2.43. The van der Waals surface area contributed by atoms with Gasteiger partial charge in [-0.2, -0.15) is 5.26 Å². The van der Waals surface area contributed by atoms with Crippen LogP contribution in [-0.2, 0) is 6.54 Å². The third kappa shape index (κ3) is 3.63. The van der Waals surface area contributed by atoms with Gasteiger partial charge in [-0.15, -0.1) is 0 Å². The zero-order valence-electron chi connectivity index (χ0n) is 14.7. The number of hydrogen-bond donors (Lipinski definition) is 3. The van der Waals surface area contributed by atoms with Crippen molar-refractivity contribution in [2.24, 2.45) is 0 Å². The highest BCUT2D eigenvalue weighted by Crippen LogP contribution is 2.40. The lowest BCUT2D eigenvalue weighted by atomic mass is 9.86. The molecule has 1 heterocycles. The Morgan fingerprint density at radius 2 is 2.00 bits per heavy atom. The summed E-state index contributed by atoms with van der Waals surface area (Å²) in [7, 11) is 0. The molecule has 3 N–H and O–H groups in total. The van der Waals surface area contributed by atoms with Crippen LogP contribution in [0.4, 0.5) is 4.79 Å². The zero-order valence-corrected chi connectivity index (χ0v) is 14.7. The molecule has 26 heavy (non-hydrogen) atoms. The first-order valence-electron chi connectivity index (χ1n) is 8.40. The maximum Gasteiger partial charge on any atom is 0.315 e. The van der Waals surface area contributed by atoms with E-state index in [1.165, 1.54) is 0 Å². The summed E-state index contributed by atoms with van der Waals surface area (Å²) in [4.78, 5) is 12.4. The van der Waals surface area contributed by atoms with Gasteiger partial charge >= 0.3 is 6.03 Å². The monoisotopic (exact) mass is 351 g/mol. The van der Waals surface area contributed by atoms with Gasteiger partial charge in [0.15, 0.2) is 0 Å². The van der Waals surface area contributed by atoms with Crippen LogP contribution in [0.25, 0.3) is 0 Å². The number of amides is 2. The van der Waals surface area contributed by atoms with Crippen LogP contribution < -0.4 is 15.4 Å². The summed E-state index contributed by atoms with van der Waals surface area (Å²) in [5, 5.41) is 25.4. The maximum absolute atomic E-state index is 12.4. The second kappa shape index (κ2) is 7.06. The number of fused-ring (bicyclic) bond motifs is 1. The van der Waals surface area contributed by atoms with E-state index < -0.39 is 23.8 Å². The molecule has 0 bridgehead atoms. The average molecular weight is 351 g/mol. The predicted octanol–water partition coefficient (Wildman–Crippen LogP) is 2.63. The number of nitrogens with zero attached hydrogens (tertiary/aromatic N) is 1. The third-order valence-corrected chi connectivity index (χ3v) is 4.46. The molecular formula is C20H21N3O3. The summed E-state index contributed by atoms with van der Waals surface area (Å²) < 4.78 is 5.84. The molecular weight excluding hydrogens is 330 g/mol. The molecule has 0 radical (unpaired) electrons. The number of hydrogen-bond acceptors (Lipinski definition) is 4. The van der Waals surface area contributed by atoms with Crippen LogP contribution in [0.2, 0.25) is 0 Å². The van der Waals surface area contributed by atoms with Crippen molar-refractivity contribution in [2.75, 3.05) is 0 Å². The first-order chi connectivity index (χ1) is 12.4. The highest BCUT2D eigenvalue weighted by atomic mass is 16.5. The van der Waals surface area contributed by atoms with Gasteiger partial charge in [-0.1, -0.05) is 30.3 Å². The standard InChI is InChI=1S/C20H21N3O3/c1-20(2)18(24)17(15-10-14(11-21)8-9-16(15)26-20)23-19(25)22-12-13-6-4-3-5-7-13/h3-10,17-18,24H,12H2,1-2H3,(H2,22,23,25)/t17-,18+/m1/s1. The van der Waals surface area contributed by atoms with E-state index in [0.29, 0.717) is 23.4 Å². The topological polar surface area (TPSA) is 94.4 Å². The average Bonchev–Trinajstić information content (AvgIpc) is 2.64. The van der Waals surface area contributed by atoms with Gasteiger partial charge in [0.2, 0.25) is 0 Å². The number of ether oxygens (including phenoxy) is 1. The molecule has 0 aliphatic carbocycles. The van der Waals surface area contributed by atoms with Crippen LogP contribution in [0, 0.1) is 11.3 Å². The predicted molar refractivity (Wildman–Crippen MR) is 96.4 cm³/mol. The molecule has 1 aliphatic heterocycles. The molecule has 134 valence electrons. The first kappa shape index (κ1) is 17.8. The van der Waals surface area contributed by atoms with Gasteiger partial charge in [-0.3, -0.25) is 0 Å². The van der Waals surface area contributed by atoms with Gasteiger partial charge in [0.25, 0.3) is 0 Å². The lowest BCUT2D eigenvalue weighted by molar-refractivity contribution is -0.0621. The first-order valence-corrected chi connectivity index (χ1v) is 8.40. The minimum Gasteiger partial charge on any atom is -0.485 e. The van der Waals surface area contributed by atoms with Gasteiger partial charge < -0.3 is 20.5 Å². The second-order valence-electron chi connectivity index (χ2n) is 6.81. The second-order valence-corrected chi connectivity index (χ2v) is 6.81. The van der Waals surface area contributed by atoms with E-state index in [1.807, 2.05) is 30.3 Å². The van der Waals surface area contributed by atoms with Gasteiger partial charge in [0.1, 0.15) is 17.5 Å². The Morgan fingerprint density at radius 1 is 1.27 bits per heavy atom. The van der Waals surface area contributed by atoms with Crippen molar-refractivity contribution in [3.63, 3.8) is 0 Å². The smallest absolute Gasteiger partial charge is 0.315 e. The Labute approximate surface area is 152 Å². The third-order valence-electron chi connectivity index (χ3n) is 4.46. The summed E-state index contributed by atoms with van der Waals surface area (Å²) in [6.07, 6.45) is -0.966. The Balaban J connectivity index is 1.79. The summed E-state index contributed by atoms with van der Waals surface area (Å²) in [5.41, 5.74) is 1.13. The minimum absolute atomic E-state index is 0.375.